The van der Waals surface area contributed by atoms with E-state index in [1.807, 2.05) is 32.5 Å². The maximum absolute atomic E-state index is 9.78. The van der Waals surface area contributed by atoms with Crippen molar-refractivity contribution >= 4 is 15.9 Å². The van der Waals surface area contributed by atoms with Crippen molar-refractivity contribution in [2.24, 2.45) is 13.0 Å². The second-order valence-electron chi connectivity index (χ2n) is 3.99. The molecule has 3 nitrogen and oxygen atoms in total. The van der Waals surface area contributed by atoms with Gasteiger partial charge in [0, 0.05) is 13.5 Å². The van der Waals surface area contributed by atoms with Crippen molar-refractivity contribution in [3.05, 3.63) is 15.9 Å². The van der Waals surface area contributed by atoms with Gasteiger partial charge in [0.25, 0.3) is 0 Å². The molecule has 0 bridgehead atoms. The zero-order valence-electron chi connectivity index (χ0n) is 9.08. The third-order valence-electron chi connectivity index (χ3n) is 2.43. The number of hydrogen-bond donors (Lipinski definition) is 1. The average Bonchev–Trinajstić information content (AvgIpc) is 2.32. The van der Waals surface area contributed by atoms with Gasteiger partial charge in [0.1, 0.15) is 0 Å². The standard InChI is InChI=1S/C10H17BrN2O/c1-6(2)9(14)5-8-10(11)7(3)12-13(8)4/h6,9,14H,5H2,1-4H3. The maximum Gasteiger partial charge on any atom is 0.0738 e. The van der Waals surface area contributed by atoms with E-state index in [1.165, 1.54) is 0 Å². The fourth-order valence-corrected chi connectivity index (χ4v) is 1.83. The molecule has 1 aromatic rings. The summed E-state index contributed by atoms with van der Waals surface area (Å²) in [7, 11) is 1.90. The van der Waals surface area contributed by atoms with Crippen LogP contribution in [0.3, 0.4) is 0 Å². The lowest BCUT2D eigenvalue weighted by atomic mass is 10.0. The van der Waals surface area contributed by atoms with Crippen molar-refractivity contribution in [1.82, 2.24) is 9.78 Å². The lowest BCUT2D eigenvalue weighted by molar-refractivity contribution is 0.123. The van der Waals surface area contributed by atoms with E-state index in [9.17, 15) is 5.11 Å². The first-order valence-electron chi connectivity index (χ1n) is 4.79. The molecule has 80 valence electrons. The minimum absolute atomic E-state index is 0.275. The van der Waals surface area contributed by atoms with Gasteiger partial charge in [-0.05, 0) is 28.8 Å². The van der Waals surface area contributed by atoms with Crippen LogP contribution >= 0.6 is 15.9 Å². The highest BCUT2D eigenvalue weighted by Gasteiger charge is 2.16. The third-order valence-corrected chi connectivity index (χ3v) is 3.47. The van der Waals surface area contributed by atoms with E-state index >= 15 is 0 Å². The lowest BCUT2D eigenvalue weighted by Crippen LogP contribution is -2.19. The van der Waals surface area contributed by atoms with Gasteiger partial charge in [-0.3, -0.25) is 4.68 Å². The molecule has 0 saturated carbocycles. The summed E-state index contributed by atoms with van der Waals surface area (Å²) in [6.07, 6.45) is 0.344. The number of nitrogens with zero attached hydrogens (tertiary/aromatic N) is 2. The summed E-state index contributed by atoms with van der Waals surface area (Å²) in [5.74, 6) is 0.275. The van der Waals surface area contributed by atoms with Gasteiger partial charge < -0.3 is 5.11 Å². The Morgan fingerprint density at radius 2 is 2.07 bits per heavy atom. The number of aryl methyl sites for hydroxylation is 2. The van der Waals surface area contributed by atoms with Gasteiger partial charge in [-0.25, -0.2) is 0 Å². The van der Waals surface area contributed by atoms with Gasteiger partial charge in [-0.15, -0.1) is 0 Å². The van der Waals surface area contributed by atoms with E-state index in [1.54, 1.807) is 0 Å². The van der Waals surface area contributed by atoms with Crippen molar-refractivity contribution in [2.45, 2.75) is 33.3 Å². The lowest BCUT2D eigenvalue weighted by Gasteiger charge is -2.14. The van der Waals surface area contributed by atoms with Gasteiger partial charge in [0.15, 0.2) is 0 Å². The van der Waals surface area contributed by atoms with Crippen molar-refractivity contribution in [3.63, 3.8) is 0 Å². The number of aromatic nitrogens is 2. The Bertz CT molecular complexity index is 320. The topological polar surface area (TPSA) is 38.0 Å². The molecule has 0 amide bonds. The van der Waals surface area contributed by atoms with Gasteiger partial charge in [-0.2, -0.15) is 5.10 Å². The molecule has 1 unspecified atom stereocenters. The zero-order valence-corrected chi connectivity index (χ0v) is 10.7. The van der Waals surface area contributed by atoms with Crippen LogP contribution < -0.4 is 0 Å². The van der Waals surface area contributed by atoms with E-state index in [2.05, 4.69) is 21.0 Å². The van der Waals surface area contributed by atoms with E-state index in [-0.39, 0.29) is 12.0 Å². The molecule has 0 aliphatic carbocycles. The predicted molar refractivity (Wildman–Crippen MR) is 60.2 cm³/mol. The molecule has 0 spiro atoms. The molecular formula is C10H17BrN2O. The van der Waals surface area contributed by atoms with Gasteiger partial charge in [-0.1, -0.05) is 13.8 Å². The first kappa shape index (κ1) is 11.7. The van der Waals surface area contributed by atoms with E-state index in [0.717, 1.165) is 15.9 Å². The molecule has 1 rings (SSSR count). The van der Waals surface area contributed by atoms with Crippen molar-refractivity contribution in [3.8, 4) is 0 Å². The van der Waals surface area contributed by atoms with E-state index in [0.29, 0.717) is 6.42 Å². The van der Waals surface area contributed by atoms with Crippen LogP contribution in [-0.4, -0.2) is 21.0 Å². The highest BCUT2D eigenvalue weighted by atomic mass is 79.9. The molecule has 1 atom stereocenters. The SMILES string of the molecule is Cc1nn(C)c(CC(O)C(C)C)c1Br. The minimum Gasteiger partial charge on any atom is -0.392 e. The van der Waals surface area contributed by atoms with Crippen LogP contribution in [0.25, 0.3) is 0 Å². The quantitative estimate of drug-likeness (QED) is 0.904. The van der Waals surface area contributed by atoms with Crippen LogP contribution in [0, 0.1) is 12.8 Å². The molecule has 0 aliphatic heterocycles. The van der Waals surface area contributed by atoms with Gasteiger partial charge >= 0.3 is 0 Å². The first-order valence-corrected chi connectivity index (χ1v) is 5.58. The van der Waals surface area contributed by atoms with Crippen LogP contribution in [0.4, 0.5) is 0 Å². The zero-order chi connectivity index (χ0) is 10.9. The summed E-state index contributed by atoms with van der Waals surface area (Å²) >= 11 is 3.48. The van der Waals surface area contributed by atoms with Crippen molar-refractivity contribution < 1.29 is 5.11 Å². The molecule has 14 heavy (non-hydrogen) atoms. The molecule has 1 N–H and O–H groups in total. The van der Waals surface area contributed by atoms with E-state index < -0.39 is 0 Å². The monoisotopic (exact) mass is 260 g/mol. The van der Waals surface area contributed by atoms with E-state index in [4.69, 9.17) is 0 Å². The van der Waals surface area contributed by atoms with Crippen LogP contribution in [-0.2, 0) is 13.5 Å². The smallest absolute Gasteiger partial charge is 0.0738 e. The summed E-state index contributed by atoms with van der Waals surface area (Å²) in [4.78, 5) is 0. The number of halogens is 1. The molecule has 0 aliphatic rings. The molecule has 0 saturated heterocycles. The largest absolute Gasteiger partial charge is 0.392 e. The molecular weight excluding hydrogens is 244 g/mol. The summed E-state index contributed by atoms with van der Waals surface area (Å²) < 4.78 is 2.84. The Kier molecular flexibility index (Phi) is 3.72. The number of rotatable bonds is 3. The summed E-state index contributed by atoms with van der Waals surface area (Å²) in [5, 5.41) is 14.1. The number of hydrogen-bond acceptors (Lipinski definition) is 2. The van der Waals surface area contributed by atoms with Gasteiger partial charge in [0.2, 0.25) is 0 Å². The summed E-state index contributed by atoms with van der Waals surface area (Å²) in [6.45, 7) is 5.99. The van der Waals surface area contributed by atoms with Crippen molar-refractivity contribution in [2.75, 3.05) is 0 Å². The number of aliphatic hydroxyl groups is 1. The minimum atomic E-state index is -0.305. The Labute approximate surface area is 93.3 Å². The normalized spacial score (nSPS) is 13.6. The fourth-order valence-electron chi connectivity index (χ4n) is 1.34. The van der Waals surface area contributed by atoms with Crippen molar-refractivity contribution in [1.29, 1.82) is 0 Å². The van der Waals surface area contributed by atoms with Crippen LogP contribution in [0.1, 0.15) is 25.2 Å². The Hall–Kier alpha value is -0.350. The highest BCUT2D eigenvalue weighted by molar-refractivity contribution is 9.10. The molecule has 4 heteroatoms. The molecule has 1 aromatic heterocycles. The second-order valence-corrected chi connectivity index (χ2v) is 4.78. The first-order chi connectivity index (χ1) is 6.43. The second kappa shape index (κ2) is 4.45. The highest BCUT2D eigenvalue weighted by Crippen LogP contribution is 2.22. The molecule has 0 radical (unpaired) electrons. The molecule has 0 aromatic carbocycles. The fraction of sp³-hybridized carbons (Fsp3) is 0.700. The Balaban J connectivity index is 2.86. The Morgan fingerprint density at radius 1 is 1.50 bits per heavy atom. The average molecular weight is 261 g/mol. The third kappa shape index (κ3) is 2.36. The predicted octanol–water partition coefficient (Wildman–Crippen LogP) is 2.05. The molecule has 0 fully saturated rings. The maximum atomic E-state index is 9.78. The van der Waals surface area contributed by atoms with Crippen LogP contribution in [0.15, 0.2) is 4.47 Å². The summed E-state index contributed by atoms with van der Waals surface area (Å²) in [5.41, 5.74) is 2.03. The van der Waals surface area contributed by atoms with Crippen LogP contribution in [0.5, 0.6) is 0 Å². The Morgan fingerprint density at radius 3 is 2.43 bits per heavy atom. The number of aliphatic hydroxyl groups excluding tert-OH is 1. The summed E-state index contributed by atoms with van der Waals surface area (Å²) in [6, 6.07) is 0. The van der Waals surface area contributed by atoms with Crippen LogP contribution in [0.2, 0.25) is 0 Å². The molecule has 1 heterocycles. The van der Waals surface area contributed by atoms with Gasteiger partial charge in [0.05, 0.1) is 22.0 Å².